The average Bonchev–Trinajstić information content (AvgIpc) is 4.06. The molecule has 5 nitrogen and oxygen atoms in total. The van der Waals surface area contributed by atoms with Gasteiger partial charge in [-0.05, 0) is 113 Å². The third kappa shape index (κ3) is 6.25. The molecule has 0 saturated carbocycles. The van der Waals surface area contributed by atoms with Crippen molar-refractivity contribution in [3.8, 4) is 61.8 Å². The van der Waals surface area contributed by atoms with Crippen molar-refractivity contribution in [2.24, 2.45) is 0 Å². The summed E-state index contributed by atoms with van der Waals surface area (Å²) in [5.41, 5.74) is 19.2. The summed E-state index contributed by atoms with van der Waals surface area (Å²) in [5.74, 6) is 0. The zero-order valence-electron chi connectivity index (χ0n) is 37.4. The third-order valence-corrected chi connectivity index (χ3v) is 13.8. The maximum Gasteiger partial charge on any atom is 0.165 e. The minimum absolute atomic E-state index is 0.823. The molecule has 0 spiro atoms. The zero-order chi connectivity index (χ0) is 45.4. The second-order valence-corrected chi connectivity index (χ2v) is 17.8. The van der Waals surface area contributed by atoms with Crippen LogP contribution >= 0.6 is 0 Å². The Labute approximate surface area is 398 Å². The van der Waals surface area contributed by atoms with Crippen LogP contribution in [0.2, 0.25) is 0 Å². The van der Waals surface area contributed by atoms with Gasteiger partial charge in [-0.15, -0.1) is 0 Å². The summed E-state index contributed by atoms with van der Waals surface area (Å²) in [7, 11) is 0. The minimum Gasteiger partial charge on any atom is -0.309 e. The monoisotopic (exact) mass is 879 g/mol. The molecule has 0 fully saturated rings. The van der Waals surface area contributed by atoms with E-state index < -0.39 is 0 Å². The summed E-state index contributed by atoms with van der Waals surface area (Å²) in [6.45, 7) is 0. The Morgan fingerprint density at radius 2 is 0.565 bits per heavy atom. The van der Waals surface area contributed by atoms with Crippen LogP contribution in [0.25, 0.3) is 128 Å². The Kier molecular flexibility index (Phi) is 8.83. The summed E-state index contributed by atoms with van der Waals surface area (Å²) in [5, 5.41) is 5.93. The minimum atomic E-state index is 0.823. The van der Waals surface area contributed by atoms with Crippen LogP contribution in [0, 0.1) is 0 Å². The molecule has 5 heteroatoms. The first kappa shape index (κ1) is 38.9. The molecule has 0 radical (unpaired) electrons. The van der Waals surface area contributed by atoms with Crippen molar-refractivity contribution < 1.29 is 0 Å². The lowest BCUT2D eigenvalue weighted by Crippen LogP contribution is -1.99. The highest BCUT2D eigenvalue weighted by Crippen LogP contribution is 2.42. The fraction of sp³-hybridized carbons (Fsp3) is 0. The zero-order valence-corrected chi connectivity index (χ0v) is 37.4. The molecule has 0 amide bonds. The topological polar surface area (TPSA) is 40.6 Å². The second kappa shape index (κ2) is 15.7. The van der Waals surface area contributed by atoms with Gasteiger partial charge in [0.1, 0.15) is 5.52 Å². The van der Waals surface area contributed by atoms with Crippen molar-refractivity contribution >= 4 is 65.7 Å². The molecule has 0 N–H and O–H groups in total. The maximum atomic E-state index is 5.56. The summed E-state index contributed by atoms with van der Waals surface area (Å²) in [4.78, 5) is 11.1. The molecule has 0 aliphatic carbocycles. The van der Waals surface area contributed by atoms with E-state index in [0.717, 1.165) is 83.8 Å². The van der Waals surface area contributed by atoms with Gasteiger partial charge < -0.3 is 9.13 Å². The standard InChI is InChI=1S/C64H41N5/c1-6-18-42(19-7-1)61-62(43-20-8-2-9-21-43)66-64-63(65-61)55-41-47(33-37-60(55)69(64)50-26-14-5-15-27-50)46-32-36-59-54(40-46)53-39-45(31-35-58(53)68(59)49-24-12-4-13-25-49)44-30-34-57-52(38-44)51-28-16-17-29-56(51)67(57)48-22-10-3-11-23-48/h1-41H. The molecule has 69 heavy (non-hydrogen) atoms. The number of nitrogens with zero attached hydrogens (tertiary/aromatic N) is 5. The molecule has 0 unspecified atom stereocenters. The number of fused-ring (bicyclic) bond motifs is 9. The number of para-hydroxylation sites is 4. The molecule has 0 aliphatic rings. The van der Waals surface area contributed by atoms with Gasteiger partial charge in [0, 0.05) is 55.1 Å². The van der Waals surface area contributed by atoms with Crippen molar-refractivity contribution in [2.45, 2.75) is 0 Å². The summed E-state index contributed by atoms with van der Waals surface area (Å²) in [6, 6.07) is 89.1. The third-order valence-electron chi connectivity index (χ3n) is 13.8. The first-order valence-corrected chi connectivity index (χ1v) is 23.5. The van der Waals surface area contributed by atoms with Crippen LogP contribution in [0.5, 0.6) is 0 Å². The van der Waals surface area contributed by atoms with Crippen molar-refractivity contribution in [2.75, 3.05) is 0 Å². The van der Waals surface area contributed by atoms with E-state index in [0.29, 0.717) is 0 Å². The van der Waals surface area contributed by atoms with Gasteiger partial charge >= 0.3 is 0 Å². The van der Waals surface area contributed by atoms with Gasteiger partial charge in [0.2, 0.25) is 0 Å². The molecule has 4 aromatic heterocycles. The van der Waals surface area contributed by atoms with E-state index in [1.165, 1.54) is 43.7 Å². The largest absolute Gasteiger partial charge is 0.309 e. The van der Waals surface area contributed by atoms with E-state index in [2.05, 4.69) is 250 Å². The van der Waals surface area contributed by atoms with Crippen LogP contribution in [0.3, 0.4) is 0 Å². The van der Waals surface area contributed by atoms with Gasteiger partial charge in [-0.25, -0.2) is 9.97 Å². The predicted molar refractivity (Wildman–Crippen MR) is 287 cm³/mol. The molecule has 0 saturated heterocycles. The van der Waals surface area contributed by atoms with Crippen LogP contribution in [-0.4, -0.2) is 23.7 Å². The van der Waals surface area contributed by atoms with E-state index in [1.54, 1.807) is 0 Å². The second-order valence-electron chi connectivity index (χ2n) is 17.8. The number of hydrogen-bond donors (Lipinski definition) is 0. The van der Waals surface area contributed by atoms with Crippen LogP contribution in [0.4, 0.5) is 0 Å². The van der Waals surface area contributed by atoms with Gasteiger partial charge in [0.05, 0.1) is 39.0 Å². The van der Waals surface area contributed by atoms with Gasteiger partial charge in [-0.2, -0.15) is 0 Å². The van der Waals surface area contributed by atoms with E-state index >= 15 is 0 Å². The Hall–Kier alpha value is -9.32. The van der Waals surface area contributed by atoms with Crippen LogP contribution in [-0.2, 0) is 0 Å². The van der Waals surface area contributed by atoms with E-state index in [1.807, 2.05) is 12.1 Å². The summed E-state index contributed by atoms with van der Waals surface area (Å²) < 4.78 is 7.04. The highest BCUT2D eigenvalue weighted by atomic mass is 15.1. The van der Waals surface area contributed by atoms with Gasteiger partial charge in [-0.1, -0.05) is 158 Å². The number of benzene rings is 10. The van der Waals surface area contributed by atoms with Crippen molar-refractivity contribution in [1.29, 1.82) is 0 Å². The Morgan fingerprint density at radius 3 is 1.03 bits per heavy atom. The Bertz CT molecular complexity index is 4270. The smallest absolute Gasteiger partial charge is 0.165 e. The molecule has 0 bridgehead atoms. The fourth-order valence-electron chi connectivity index (χ4n) is 10.7. The van der Waals surface area contributed by atoms with E-state index in [9.17, 15) is 0 Å². The molecule has 14 aromatic rings. The Balaban J connectivity index is 0.971. The molecule has 0 aliphatic heterocycles. The average molecular weight is 880 g/mol. The molecule has 4 heterocycles. The van der Waals surface area contributed by atoms with E-state index in [4.69, 9.17) is 9.97 Å². The van der Waals surface area contributed by atoms with Crippen LogP contribution in [0.1, 0.15) is 0 Å². The molecular weight excluding hydrogens is 839 g/mol. The molecule has 322 valence electrons. The van der Waals surface area contributed by atoms with Crippen LogP contribution in [0.15, 0.2) is 249 Å². The van der Waals surface area contributed by atoms with Gasteiger partial charge in [0.25, 0.3) is 0 Å². The van der Waals surface area contributed by atoms with Gasteiger partial charge in [0.15, 0.2) is 5.65 Å². The van der Waals surface area contributed by atoms with Crippen molar-refractivity contribution in [3.05, 3.63) is 249 Å². The molecular formula is C64H41N5. The SMILES string of the molecule is c1ccc(-c2nc3c4cc(-c5ccc6c(c5)c5cc(-c7ccc8c(c7)c7ccccc7n8-c7ccccc7)ccc5n6-c5ccccc5)ccc4n(-c4ccccc4)c3nc2-c2ccccc2)cc1. The fourth-order valence-corrected chi connectivity index (χ4v) is 10.7. The highest BCUT2D eigenvalue weighted by Gasteiger charge is 2.22. The van der Waals surface area contributed by atoms with Gasteiger partial charge in [-0.3, -0.25) is 4.57 Å². The molecule has 10 aromatic carbocycles. The Morgan fingerprint density at radius 1 is 0.232 bits per heavy atom. The van der Waals surface area contributed by atoms with Crippen molar-refractivity contribution in [3.63, 3.8) is 0 Å². The number of hydrogen-bond acceptors (Lipinski definition) is 2. The van der Waals surface area contributed by atoms with E-state index in [-0.39, 0.29) is 0 Å². The lowest BCUT2D eigenvalue weighted by atomic mass is 9.98. The summed E-state index contributed by atoms with van der Waals surface area (Å²) in [6.07, 6.45) is 0. The molecule has 0 atom stereocenters. The molecule has 14 rings (SSSR count). The first-order valence-electron chi connectivity index (χ1n) is 23.5. The predicted octanol–water partition coefficient (Wildman–Crippen LogP) is 16.4. The highest BCUT2D eigenvalue weighted by molar-refractivity contribution is 6.14. The lowest BCUT2D eigenvalue weighted by Gasteiger charge is -2.11. The summed E-state index contributed by atoms with van der Waals surface area (Å²) >= 11 is 0. The number of rotatable bonds is 7. The lowest BCUT2D eigenvalue weighted by molar-refractivity contribution is 1.13. The van der Waals surface area contributed by atoms with Crippen LogP contribution < -0.4 is 0 Å². The normalized spacial score (nSPS) is 11.8. The maximum absolute atomic E-state index is 5.56. The number of aromatic nitrogens is 5. The quantitative estimate of drug-likeness (QED) is 0.160. The van der Waals surface area contributed by atoms with Crippen molar-refractivity contribution in [1.82, 2.24) is 23.7 Å². The first-order chi connectivity index (χ1) is 34.2.